The lowest BCUT2D eigenvalue weighted by Crippen LogP contribution is -2.36. The number of benzene rings is 1. The van der Waals surface area contributed by atoms with Crippen LogP contribution in [-0.2, 0) is 20.9 Å². The molecule has 3 amide bonds. The topological polar surface area (TPSA) is 80.6 Å². The van der Waals surface area contributed by atoms with Gasteiger partial charge in [0.25, 0.3) is 5.91 Å². The number of nitrogens with one attached hydrogen (secondary N) is 1. The molecule has 0 bridgehead atoms. The first-order valence-corrected chi connectivity index (χ1v) is 7.48. The molecule has 1 saturated heterocycles. The van der Waals surface area contributed by atoms with Crippen LogP contribution in [0.25, 0.3) is 17.0 Å². The van der Waals surface area contributed by atoms with E-state index in [1.165, 1.54) is 7.11 Å². The van der Waals surface area contributed by atoms with Crippen molar-refractivity contribution in [1.29, 1.82) is 0 Å². The number of imide groups is 1. The number of urea groups is 1. The number of esters is 1. The molecule has 1 fully saturated rings. The van der Waals surface area contributed by atoms with E-state index >= 15 is 0 Å². The summed E-state index contributed by atoms with van der Waals surface area (Å²) in [5.74, 6) is 1.33. The number of amides is 3. The Balaban J connectivity index is 1.98. The Morgan fingerprint density at radius 1 is 1.36 bits per heavy atom. The van der Waals surface area contributed by atoms with Crippen molar-refractivity contribution in [2.75, 3.05) is 13.7 Å². The number of fused-ring (bicyclic) bond motifs is 1. The first kappa shape index (κ1) is 16.3. The van der Waals surface area contributed by atoms with E-state index in [1.54, 1.807) is 6.08 Å². The molecule has 0 saturated carbocycles. The number of hydrogen-bond donors (Lipinski definition) is 1. The summed E-state index contributed by atoms with van der Waals surface area (Å²) in [6.45, 7) is -0.0458. The molecule has 2 heterocycles. The van der Waals surface area contributed by atoms with Gasteiger partial charge in [-0.05, 0) is 12.1 Å². The van der Waals surface area contributed by atoms with Crippen molar-refractivity contribution in [1.82, 2.24) is 14.8 Å². The van der Waals surface area contributed by atoms with E-state index in [0.717, 1.165) is 21.4 Å². The molecule has 1 aromatic carbocycles. The van der Waals surface area contributed by atoms with Crippen molar-refractivity contribution in [3.63, 3.8) is 0 Å². The lowest BCUT2D eigenvalue weighted by Gasteiger charge is -2.08. The molecule has 0 spiro atoms. The van der Waals surface area contributed by atoms with Crippen LogP contribution in [0.4, 0.5) is 4.79 Å². The van der Waals surface area contributed by atoms with E-state index in [2.05, 4.69) is 16.0 Å². The highest BCUT2D eigenvalue weighted by atomic mass is 16.5. The highest BCUT2D eigenvalue weighted by Gasteiger charge is 2.35. The second-order valence-corrected chi connectivity index (χ2v) is 5.39. The Labute approximate surface area is 143 Å². The predicted molar refractivity (Wildman–Crippen MR) is 91.0 cm³/mol. The van der Waals surface area contributed by atoms with Crippen LogP contribution >= 0.6 is 0 Å². The number of nitrogens with zero attached hydrogens (tertiary/aromatic N) is 2. The molecule has 0 atom stereocenters. The average molecular weight is 337 g/mol. The molecule has 1 N–H and O–H groups in total. The minimum atomic E-state index is -0.671. The Kier molecular flexibility index (Phi) is 4.27. The molecular formula is C18H15N3O4. The average Bonchev–Trinajstić information content (AvgIpc) is 3.08. The van der Waals surface area contributed by atoms with Crippen molar-refractivity contribution in [2.24, 2.45) is 0 Å². The van der Waals surface area contributed by atoms with Crippen molar-refractivity contribution >= 4 is 34.9 Å². The first-order valence-electron chi connectivity index (χ1n) is 7.48. The van der Waals surface area contributed by atoms with Gasteiger partial charge in [-0.3, -0.25) is 9.59 Å². The fourth-order valence-corrected chi connectivity index (χ4v) is 2.68. The third-order valence-corrected chi connectivity index (χ3v) is 3.86. The number of rotatable bonds is 4. The number of terminal acetylenes is 1. The molecule has 3 rings (SSSR count). The maximum Gasteiger partial charge on any atom is 0.329 e. The summed E-state index contributed by atoms with van der Waals surface area (Å²) in [7, 11) is 1.19. The Bertz CT molecular complexity index is 949. The second-order valence-electron chi connectivity index (χ2n) is 5.39. The van der Waals surface area contributed by atoms with Crippen LogP contribution in [0, 0.1) is 12.3 Å². The monoisotopic (exact) mass is 337 g/mol. The Morgan fingerprint density at radius 3 is 2.84 bits per heavy atom. The quantitative estimate of drug-likeness (QED) is 0.395. The number of ether oxygens (including phenoxy) is 1. The maximum absolute atomic E-state index is 12.4. The van der Waals surface area contributed by atoms with Crippen LogP contribution < -0.4 is 5.32 Å². The van der Waals surface area contributed by atoms with Crippen LogP contribution in [0.2, 0.25) is 0 Å². The van der Waals surface area contributed by atoms with Crippen LogP contribution in [0.1, 0.15) is 5.56 Å². The van der Waals surface area contributed by atoms with Crippen molar-refractivity contribution in [3.8, 4) is 12.3 Å². The summed E-state index contributed by atoms with van der Waals surface area (Å²) in [6.07, 6.45) is 8.79. The zero-order valence-corrected chi connectivity index (χ0v) is 13.5. The van der Waals surface area contributed by atoms with Crippen LogP contribution in [0.3, 0.4) is 0 Å². The molecule has 1 aliphatic heterocycles. The summed E-state index contributed by atoms with van der Waals surface area (Å²) < 4.78 is 6.38. The number of methoxy groups -OCH3 is 1. The van der Waals surface area contributed by atoms with Gasteiger partial charge in [0.15, 0.2) is 0 Å². The molecule has 1 aliphatic rings. The zero-order valence-electron chi connectivity index (χ0n) is 13.5. The lowest BCUT2D eigenvalue weighted by molar-refractivity contribution is -0.143. The number of hydrogen-bond acceptors (Lipinski definition) is 4. The lowest BCUT2D eigenvalue weighted by atomic mass is 10.1. The summed E-state index contributed by atoms with van der Waals surface area (Å²) in [4.78, 5) is 36.4. The molecule has 7 nitrogen and oxygen atoms in total. The predicted octanol–water partition coefficient (Wildman–Crippen LogP) is 1.34. The standard InChI is InChI=1S/C18H15N3O4/c1-3-8-20-10-12(13-6-4-5-7-15(13)20)9-14-17(23)21(18(24)19-14)11-16(22)25-2/h1,4-7,9-10H,8,11H2,2H3,(H,19,24)/b14-9+. The maximum atomic E-state index is 12.4. The third-order valence-electron chi connectivity index (χ3n) is 3.86. The van der Waals surface area contributed by atoms with E-state index in [9.17, 15) is 14.4 Å². The molecule has 7 heteroatoms. The summed E-state index contributed by atoms with van der Waals surface area (Å²) in [6, 6.07) is 6.94. The van der Waals surface area contributed by atoms with E-state index in [1.807, 2.05) is 35.0 Å². The van der Waals surface area contributed by atoms with Gasteiger partial charge in [0.1, 0.15) is 12.2 Å². The van der Waals surface area contributed by atoms with Crippen molar-refractivity contribution in [2.45, 2.75) is 6.54 Å². The van der Waals surface area contributed by atoms with Crippen molar-refractivity contribution in [3.05, 3.63) is 41.7 Å². The van der Waals surface area contributed by atoms with E-state index < -0.39 is 24.5 Å². The van der Waals surface area contributed by atoms with Gasteiger partial charge in [0, 0.05) is 22.7 Å². The fraction of sp³-hybridized carbons (Fsp3) is 0.167. The number of carbonyl (C=O) groups is 3. The molecular weight excluding hydrogens is 322 g/mol. The van der Waals surface area contributed by atoms with Gasteiger partial charge in [-0.25, -0.2) is 9.69 Å². The number of aromatic nitrogens is 1. The van der Waals surface area contributed by atoms with Crippen LogP contribution in [-0.4, -0.2) is 41.0 Å². The summed E-state index contributed by atoms with van der Waals surface area (Å²) in [5, 5.41) is 3.38. The number of para-hydroxylation sites is 1. The molecule has 2 aromatic rings. The smallest absolute Gasteiger partial charge is 0.329 e. The minimum Gasteiger partial charge on any atom is -0.468 e. The Hall–Kier alpha value is -3.53. The van der Waals surface area contributed by atoms with Gasteiger partial charge in [0.05, 0.1) is 13.7 Å². The van der Waals surface area contributed by atoms with E-state index in [4.69, 9.17) is 6.42 Å². The number of carbonyl (C=O) groups excluding carboxylic acids is 3. The molecule has 0 aliphatic carbocycles. The van der Waals surface area contributed by atoms with Gasteiger partial charge in [-0.1, -0.05) is 24.1 Å². The summed E-state index contributed by atoms with van der Waals surface area (Å²) >= 11 is 0. The van der Waals surface area contributed by atoms with Gasteiger partial charge in [0.2, 0.25) is 0 Å². The van der Waals surface area contributed by atoms with E-state index in [-0.39, 0.29) is 5.70 Å². The zero-order chi connectivity index (χ0) is 18.0. The highest BCUT2D eigenvalue weighted by molar-refractivity contribution is 6.15. The Morgan fingerprint density at radius 2 is 2.12 bits per heavy atom. The fourth-order valence-electron chi connectivity index (χ4n) is 2.68. The normalized spacial score (nSPS) is 15.5. The van der Waals surface area contributed by atoms with Gasteiger partial charge in [-0.2, -0.15) is 0 Å². The van der Waals surface area contributed by atoms with Gasteiger partial charge >= 0.3 is 12.0 Å². The highest BCUT2D eigenvalue weighted by Crippen LogP contribution is 2.24. The molecule has 1 aromatic heterocycles. The second kappa shape index (κ2) is 6.53. The van der Waals surface area contributed by atoms with Gasteiger partial charge in [-0.15, -0.1) is 6.42 Å². The molecule has 25 heavy (non-hydrogen) atoms. The first-order chi connectivity index (χ1) is 12.0. The SMILES string of the molecule is C#CCn1cc(/C=C2/NC(=O)N(CC(=O)OC)C2=O)c2ccccc21. The largest absolute Gasteiger partial charge is 0.468 e. The molecule has 0 radical (unpaired) electrons. The molecule has 126 valence electrons. The van der Waals surface area contributed by atoms with Gasteiger partial charge < -0.3 is 14.6 Å². The van der Waals surface area contributed by atoms with Crippen LogP contribution in [0.5, 0.6) is 0 Å². The summed E-state index contributed by atoms with van der Waals surface area (Å²) in [5.41, 5.74) is 1.77. The minimum absolute atomic E-state index is 0.0949. The van der Waals surface area contributed by atoms with Crippen LogP contribution in [0.15, 0.2) is 36.2 Å². The van der Waals surface area contributed by atoms with E-state index in [0.29, 0.717) is 6.54 Å². The van der Waals surface area contributed by atoms with Crippen molar-refractivity contribution < 1.29 is 19.1 Å². The third kappa shape index (κ3) is 2.97. The molecule has 0 unspecified atom stereocenters.